The number of carbonyl (C=O) groups excluding carboxylic acids is 1. The Balaban J connectivity index is 1.95. The Bertz CT molecular complexity index is 656. The Kier molecular flexibility index (Phi) is 3.19. The lowest BCUT2D eigenvalue weighted by Gasteiger charge is -2.10. The molecule has 0 saturated carbocycles. The SMILES string of the molecule is O=C(c1ccc(Br)c(F)c1)C1CCc2cccnc21. The Morgan fingerprint density at radius 1 is 1.37 bits per heavy atom. The van der Waals surface area contributed by atoms with Gasteiger partial charge in [-0.2, -0.15) is 0 Å². The lowest BCUT2D eigenvalue weighted by atomic mass is 9.95. The largest absolute Gasteiger partial charge is 0.293 e. The van der Waals surface area contributed by atoms with Crippen LogP contribution < -0.4 is 0 Å². The molecule has 1 aliphatic rings. The summed E-state index contributed by atoms with van der Waals surface area (Å²) in [6, 6.07) is 8.38. The Hall–Kier alpha value is -1.55. The maximum absolute atomic E-state index is 13.5. The van der Waals surface area contributed by atoms with Crippen molar-refractivity contribution in [1.29, 1.82) is 0 Å². The molecule has 96 valence electrons. The first-order valence-corrected chi connectivity index (χ1v) is 6.89. The molecule has 0 fully saturated rings. The number of hydrogen-bond donors (Lipinski definition) is 0. The van der Waals surface area contributed by atoms with E-state index in [4.69, 9.17) is 0 Å². The van der Waals surface area contributed by atoms with E-state index in [9.17, 15) is 9.18 Å². The molecule has 0 radical (unpaired) electrons. The van der Waals surface area contributed by atoms with Crippen LogP contribution in [0.15, 0.2) is 41.0 Å². The fraction of sp³-hybridized carbons (Fsp3) is 0.200. The monoisotopic (exact) mass is 319 g/mol. The van der Waals surface area contributed by atoms with Crippen LogP contribution in [0.2, 0.25) is 0 Å². The van der Waals surface area contributed by atoms with Crippen LogP contribution in [-0.4, -0.2) is 10.8 Å². The van der Waals surface area contributed by atoms with E-state index >= 15 is 0 Å². The second kappa shape index (κ2) is 4.85. The van der Waals surface area contributed by atoms with E-state index in [-0.39, 0.29) is 11.7 Å². The first kappa shape index (κ1) is 12.5. The van der Waals surface area contributed by atoms with Crippen LogP contribution in [0.25, 0.3) is 0 Å². The molecule has 1 aromatic heterocycles. The highest BCUT2D eigenvalue weighted by atomic mass is 79.9. The summed E-state index contributed by atoms with van der Waals surface area (Å²) < 4.78 is 13.9. The second-order valence-electron chi connectivity index (χ2n) is 4.63. The fourth-order valence-corrected chi connectivity index (χ4v) is 2.77. The average molecular weight is 320 g/mol. The van der Waals surface area contributed by atoms with Gasteiger partial charge in [-0.05, 0) is 52.5 Å². The second-order valence-corrected chi connectivity index (χ2v) is 5.49. The van der Waals surface area contributed by atoms with Gasteiger partial charge in [-0.3, -0.25) is 9.78 Å². The van der Waals surface area contributed by atoms with Crippen molar-refractivity contribution in [3.05, 3.63) is 63.6 Å². The average Bonchev–Trinajstić information content (AvgIpc) is 2.85. The minimum absolute atomic E-state index is 0.0520. The minimum Gasteiger partial charge on any atom is -0.293 e. The zero-order chi connectivity index (χ0) is 13.4. The first-order valence-electron chi connectivity index (χ1n) is 6.10. The van der Waals surface area contributed by atoms with E-state index in [0.29, 0.717) is 10.0 Å². The molecule has 1 heterocycles. The molecule has 4 heteroatoms. The smallest absolute Gasteiger partial charge is 0.172 e. The Morgan fingerprint density at radius 2 is 2.21 bits per heavy atom. The minimum atomic E-state index is -0.412. The number of aromatic nitrogens is 1. The number of Topliss-reactive ketones (excluding diaryl/α,β-unsaturated/α-hetero) is 1. The zero-order valence-electron chi connectivity index (χ0n) is 10.1. The van der Waals surface area contributed by atoms with Crippen molar-refractivity contribution in [2.45, 2.75) is 18.8 Å². The summed E-state index contributed by atoms with van der Waals surface area (Å²) in [6.07, 6.45) is 3.31. The summed E-state index contributed by atoms with van der Waals surface area (Å²) in [7, 11) is 0. The number of halogens is 2. The molecule has 1 atom stereocenters. The maximum atomic E-state index is 13.5. The molecule has 0 spiro atoms. The lowest BCUT2D eigenvalue weighted by Crippen LogP contribution is -2.11. The maximum Gasteiger partial charge on any atom is 0.172 e. The topological polar surface area (TPSA) is 30.0 Å². The first-order chi connectivity index (χ1) is 9.16. The summed E-state index contributed by atoms with van der Waals surface area (Å²) in [5, 5.41) is 0. The molecule has 2 aromatic rings. The van der Waals surface area contributed by atoms with Gasteiger partial charge in [0.05, 0.1) is 16.1 Å². The van der Waals surface area contributed by atoms with Crippen molar-refractivity contribution in [1.82, 2.24) is 4.98 Å². The van der Waals surface area contributed by atoms with Gasteiger partial charge in [0.2, 0.25) is 0 Å². The predicted molar refractivity (Wildman–Crippen MR) is 73.7 cm³/mol. The number of hydrogen-bond acceptors (Lipinski definition) is 2. The van der Waals surface area contributed by atoms with Gasteiger partial charge in [0.1, 0.15) is 5.82 Å². The van der Waals surface area contributed by atoms with Crippen molar-refractivity contribution >= 4 is 21.7 Å². The van der Waals surface area contributed by atoms with E-state index < -0.39 is 5.82 Å². The number of nitrogens with zero attached hydrogens (tertiary/aromatic N) is 1. The van der Waals surface area contributed by atoms with E-state index in [1.807, 2.05) is 12.1 Å². The molecule has 1 unspecified atom stereocenters. The predicted octanol–water partition coefficient (Wildman–Crippen LogP) is 3.90. The van der Waals surface area contributed by atoms with Gasteiger partial charge >= 0.3 is 0 Å². The lowest BCUT2D eigenvalue weighted by molar-refractivity contribution is 0.0957. The highest BCUT2D eigenvalue weighted by molar-refractivity contribution is 9.10. The van der Waals surface area contributed by atoms with Gasteiger partial charge in [0.25, 0.3) is 0 Å². The van der Waals surface area contributed by atoms with Crippen molar-refractivity contribution in [3.8, 4) is 0 Å². The molecule has 0 bridgehead atoms. The number of carbonyl (C=O) groups is 1. The van der Waals surface area contributed by atoms with Crippen LogP contribution >= 0.6 is 15.9 Å². The Labute approximate surface area is 118 Å². The molecule has 19 heavy (non-hydrogen) atoms. The molecule has 1 aromatic carbocycles. The van der Waals surface area contributed by atoms with Gasteiger partial charge in [0, 0.05) is 11.8 Å². The van der Waals surface area contributed by atoms with E-state index in [1.165, 1.54) is 6.07 Å². The van der Waals surface area contributed by atoms with Crippen LogP contribution in [0.5, 0.6) is 0 Å². The number of pyridine rings is 1. The summed E-state index contributed by atoms with van der Waals surface area (Å²) in [6.45, 7) is 0. The fourth-order valence-electron chi connectivity index (χ4n) is 2.52. The van der Waals surface area contributed by atoms with Crippen molar-refractivity contribution in [2.24, 2.45) is 0 Å². The van der Waals surface area contributed by atoms with Gasteiger partial charge in [0.15, 0.2) is 5.78 Å². The number of fused-ring (bicyclic) bond motifs is 1. The number of benzene rings is 1. The quantitative estimate of drug-likeness (QED) is 0.786. The third-order valence-corrected chi connectivity index (χ3v) is 4.12. The summed E-state index contributed by atoms with van der Waals surface area (Å²) in [5.74, 6) is -0.703. The summed E-state index contributed by atoms with van der Waals surface area (Å²) in [5.41, 5.74) is 2.37. The molecule has 0 saturated heterocycles. The van der Waals surface area contributed by atoms with Crippen molar-refractivity contribution in [3.63, 3.8) is 0 Å². The van der Waals surface area contributed by atoms with Crippen LogP contribution in [0, 0.1) is 5.82 Å². The van der Waals surface area contributed by atoms with Crippen LogP contribution in [0.3, 0.4) is 0 Å². The van der Waals surface area contributed by atoms with E-state index in [2.05, 4.69) is 20.9 Å². The van der Waals surface area contributed by atoms with Crippen molar-refractivity contribution in [2.75, 3.05) is 0 Å². The Morgan fingerprint density at radius 3 is 3.00 bits per heavy atom. The summed E-state index contributed by atoms with van der Waals surface area (Å²) in [4.78, 5) is 16.8. The third-order valence-electron chi connectivity index (χ3n) is 3.48. The van der Waals surface area contributed by atoms with Gasteiger partial charge in [-0.25, -0.2) is 4.39 Å². The van der Waals surface area contributed by atoms with Gasteiger partial charge < -0.3 is 0 Å². The van der Waals surface area contributed by atoms with Gasteiger partial charge in [-0.1, -0.05) is 12.1 Å². The summed E-state index contributed by atoms with van der Waals surface area (Å²) >= 11 is 3.09. The number of aryl methyl sites for hydroxylation is 1. The highest BCUT2D eigenvalue weighted by Gasteiger charge is 2.30. The van der Waals surface area contributed by atoms with Crippen molar-refractivity contribution < 1.29 is 9.18 Å². The molecule has 0 aliphatic heterocycles. The normalized spacial score (nSPS) is 17.3. The van der Waals surface area contributed by atoms with Crippen LogP contribution in [0.1, 0.15) is 34.0 Å². The van der Waals surface area contributed by atoms with Gasteiger partial charge in [-0.15, -0.1) is 0 Å². The third kappa shape index (κ3) is 2.21. The molecule has 0 amide bonds. The van der Waals surface area contributed by atoms with Crippen LogP contribution in [0.4, 0.5) is 4.39 Å². The number of rotatable bonds is 2. The van der Waals surface area contributed by atoms with E-state index in [0.717, 1.165) is 24.1 Å². The number of ketones is 1. The zero-order valence-corrected chi connectivity index (χ0v) is 11.7. The standard InChI is InChI=1S/C15H11BrFNO/c16-12-6-4-10(8-13(12)17)15(19)11-5-3-9-2-1-7-18-14(9)11/h1-2,4,6-8,11H,3,5H2. The van der Waals surface area contributed by atoms with E-state index in [1.54, 1.807) is 18.3 Å². The van der Waals surface area contributed by atoms with Crippen LogP contribution in [-0.2, 0) is 6.42 Å². The highest BCUT2D eigenvalue weighted by Crippen LogP contribution is 2.34. The molecular weight excluding hydrogens is 309 g/mol. The molecular formula is C15H11BrFNO. The molecule has 2 nitrogen and oxygen atoms in total. The molecule has 0 N–H and O–H groups in total. The molecule has 3 rings (SSSR count). The molecule has 1 aliphatic carbocycles.